The zero-order chi connectivity index (χ0) is 89.3. The molecule has 16 aromatic rings. The highest BCUT2D eigenvalue weighted by Crippen LogP contribution is 2.40. The van der Waals surface area contributed by atoms with Gasteiger partial charge in [0, 0.05) is 75.3 Å². The molecule has 1 unspecified atom stereocenters. The van der Waals surface area contributed by atoms with Crippen molar-refractivity contribution in [1.82, 2.24) is 80.9 Å². The molecule has 27 nitrogen and oxygen atoms in total. The van der Waals surface area contributed by atoms with E-state index in [1.807, 2.05) is 204 Å². The number of carbonyl (C=O) groups excluding carboxylic acids is 5. The molecule has 0 saturated carbocycles. The lowest BCUT2D eigenvalue weighted by Gasteiger charge is -2.26. The lowest BCUT2D eigenvalue weighted by molar-refractivity contribution is 0.198. The number of piperidine rings is 1. The third-order valence-electron chi connectivity index (χ3n) is 20.9. The maximum absolute atomic E-state index is 12.2. The topological polar surface area (TPSA) is 338 Å². The minimum atomic E-state index is -0.280. The van der Waals surface area contributed by atoms with Gasteiger partial charge in [0.1, 0.15) is 34.2 Å². The SMILES string of the molecule is CCCCCNC(=O)Nc1ccc2nc(-c3cccs3)c(-c3cccs3)nc2c1.CNC(=O)Nc1ccc2nc(-c3cccs3)c(-c3cccs3)nc2c1.COCCNC(=O)Nc1ccc2nc(-c3cccs3)c(-c3cccs3)nc2c1.Cc1nc2ccc(NC(=O)N3CCC(C)C3)cc2nc1C.Cc1nc2ccc(NC(=O)NCCCN3CCCCC3)cc2nc1C. The highest BCUT2D eigenvalue weighted by Gasteiger charge is 2.25. The molecule has 2 saturated heterocycles. The van der Waals surface area contributed by atoms with Crippen LogP contribution < -0.4 is 47.9 Å². The zero-order valence-corrected chi connectivity index (χ0v) is 77.3. The summed E-state index contributed by atoms with van der Waals surface area (Å²) in [5.41, 5.74) is 20.4. The van der Waals surface area contributed by atoms with Crippen LogP contribution in [0.5, 0.6) is 0 Å². The molecule has 11 aromatic heterocycles. The number of thiophene rings is 6. The number of nitrogens with one attached hydrogen (secondary N) is 9. The van der Waals surface area contributed by atoms with Gasteiger partial charge in [0.05, 0.1) is 114 Å². The predicted octanol–water partition coefficient (Wildman–Crippen LogP) is 22.5. The molecule has 1 atom stereocenters. The van der Waals surface area contributed by atoms with Crippen molar-refractivity contribution in [3.05, 3.63) is 219 Å². The lowest BCUT2D eigenvalue weighted by Crippen LogP contribution is -2.34. The Kier molecular flexibility index (Phi) is 32.2. The van der Waals surface area contributed by atoms with Gasteiger partial charge in [-0.05, 0) is 245 Å². The molecular formula is C95H101N21O6S6. The van der Waals surface area contributed by atoms with Gasteiger partial charge in [-0.25, -0.2) is 73.8 Å². The van der Waals surface area contributed by atoms with Gasteiger partial charge < -0.3 is 62.4 Å². The second-order valence-electron chi connectivity index (χ2n) is 30.5. The van der Waals surface area contributed by atoms with Crippen LogP contribution in [-0.4, -0.2) is 163 Å². The maximum atomic E-state index is 12.2. The minimum absolute atomic E-state index is 0.0320. The third-order valence-corrected chi connectivity index (χ3v) is 26.2. The number of aromatic nitrogens is 10. The first-order chi connectivity index (χ1) is 62.4. The van der Waals surface area contributed by atoms with Crippen molar-refractivity contribution < 1.29 is 28.7 Å². The van der Waals surface area contributed by atoms with Crippen LogP contribution in [0.4, 0.5) is 52.4 Å². The molecule has 5 aromatic carbocycles. The number of urea groups is 5. The van der Waals surface area contributed by atoms with E-state index in [1.54, 1.807) is 82.2 Å². The smallest absolute Gasteiger partial charge is 0.321 e. The quantitative estimate of drug-likeness (QED) is 0.0285. The second kappa shape index (κ2) is 45.1. The Balaban J connectivity index is 0.000000130. The van der Waals surface area contributed by atoms with Gasteiger partial charge in [0.2, 0.25) is 0 Å². The summed E-state index contributed by atoms with van der Waals surface area (Å²) < 4.78 is 4.93. The number of likely N-dealkylation sites (tertiary alicyclic amines) is 2. The first-order valence-corrected chi connectivity index (χ1v) is 47.7. The van der Waals surface area contributed by atoms with Crippen LogP contribution in [-0.2, 0) is 4.74 Å². The van der Waals surface area contributed by atoms with Crippen molar-refractivity contribution in [2.45, 2.75) is 92.9 Å². The number of nitrogens with zero attached hydrogens (tertiary/aromatic N) is 12. The number of methoxy groups -OCH3 is 1. The average molecular weight is 1830 g/mol. The number of unbranched alkanes of at least 4 members (excludes halogenated alkanes) is 2. The maximum Gasteiger partial charge on any atom is 0.321 e. The van der Waals surface area contributed by atoms with Gasteiger partial charge >= 0.3 is 30.2 Å². The highest BCUT2D eigenvalue weighted by atomic mass is 32.1. The molecule has 0 spiro atoms. The second-order valence-corrected chi connectivity index (χ2v) is 36.2. The average Bonchev–Trinajstić information content (AvgIpc) is 1.40. The molecule has 13 heterocycles. The molecule has 18 rings (SSSR count). The fraction of sp³-hybridized carbons (Fsp3) is 0.274. The molecule has 0 bridgehead atoms. The van der Waals surface area contributed by atoms with Crippen LogP contribution in [0.15, 0.2) is 196 Å². The number of carbonyl (C=O) groups is 5. The summed E-state index contributed by atoms with van der Waals surface area (Å²) in [7, 11) is 3.18. The van der Waals surface area contributed by atoms with Crippen molar-refractivity contribution in [3.63, 3.8) is 0 Å². The summed E-state index contributed by atoms with van der Waals surface area (Å²) in [6.07, 6.45) is 9.26. The summed E-state index contributed by atoms with van der Waals surface area (Å²) in [5.74, 6) is 0.587. The number of rotatable bonds is 22. The van der Waals surface area contributed by atoms with Gasteiger partial charge in [-0.15, -0.1) is 68.0 Å². The van der Waals surface area contributed by atoms with Crippen LogP contribution in [0.2, 0.25) is 0 Å². The molecular weight excluding hydrogens is 1720 g/mol. The summed E-state index contributed by atoms with van der Waals surface area (Å²) in [4.78, 5) is 118. The largest absolute Gasteiger partial charge is 0.383 e. The Morgan fingerprint density at radius 3 is 1.01 bits per heavy atom. The van der Waals surface area contributed by atoms with Crippen LogP contribution in [0.3, 0.4) is 0 Å². The fourth-order valence-electron chi connectivity index (χ4n) is 14.1. The van der Waals surface area contributed by atoms with E-state index >= 15 is 0 Å². The van der Waals surface area contributed by atoms with Gasteiger partial charge in [-0.3, -0.25) is 0 Å². The predicted molar refractivity (Wildman–Crippen MR) is 526 cm³/mol. The van der Waals surface area contributed by atoms with Gasteiger partial charge in [-0.2, -0.15) is 0 Å². The molecule has 10 amide bonds. The van der Waals surface area contributed by atoms with Crippen LogP contribution in [0.25, 0.3) is 119 Å². The Morgan fingerprint density at radius 2 is 0.688 bits per heavy atom. The number of benzene rings is 5. The normalized spacial score (nSPS) is 12.9. The number of amides is 10. The number of hydrogen-bond donors (Lipinski definition) is 9. The molecule has 2 aliphatic rings. The number of ether oxygens (including phenoxy) is 1. The van der Waals surface area contributed by atoms with Crippen molar-refractivity contribution >= 4 is 182 Å². The highest BCUT2D eigenvalue weighted by molar-refractivity contribution is 7.15. The van der Waals surface area contributed by atoms with E-state index < -0.39 is 0 Å². The summed E-state index contributed by atoms with van der Waals surface area (Å²) >= 11 is 9.86. The van der Waals surface area contributed by atoms with E-state index in [0.29, 0.717) is 49.2 Å². The Bertz CT molecular complexity index is 6420. The van der Waals surface area contributed by atoms with Crippen molar-refractivity contribution in [2.24, 2.45) is 5.92 Å². The van der Waals surface area contributed by atoms with Crippen LogP contribution >= 0.6 is 68.0 Å². The van der Waals surface area contributed by atoms with E-state index in [1.165, 1.54) is 32.4 Å². The fourth-order valence-corrected chi connectivity index (χ4v) is 18.4. The van der Waals surface area contributed by atoms with Crippen molar-refractivity contribution in [3.8, 4) is 63.4 Å². The minimum Gasteiger partial charge on any atom is -0.383 e. The molecule has 2 aliphatic heterocycles. The molecule has 658 valence electrons. The summed E-state index contributed by atoms with van der Waals surface area (Å²) in [6.45, 7) is 19.5. The Hall–Kier alpha value is -12.7. The third kappa shape index (κ3) is 24.9. The number of hydrogen-bond acceptors (Lipinski definition) is 23. The van der Waals surface area contributed by atoms with E-state index in [0.717, 1.165) is 204 Å². The standard InChI is InChI=1S/C22H22N4OS2.C20H18N4O2S2.C19H27N5O.C18H14N4OS2.C16H20N4O/c1-2-3-4-11-23-22(27)24-15-9-10-16-17(14-15)26-21(19-8-6-13-29-19)20(25-16)18-7-5-12-28-18;1-26-9-8-21-20(25)22-13-6-7-14-15(12-13)24-19(17-5-3-11-28-17)18(23-14)16-4-2-10-27-16;1-14-15(2)22-18-13-16(7-8-17(18)21-14)23-19(25)20-9-6-12-24-10-4-3-5-11-24;1-19-18(23)20-11-6-7-12-13(10-11)22-17(15-5-3-9-25-15)16(21-12)14-4-2-8-24-14;1-10-6-7-20(9-10)16(21)19-13-4-5-14-15(8-13)18-12(3)11(2)17-14/h5-10,12-14H,2-4,11H2,1H3,(H2,23,24,27);2-7,10-12H,8-9H2,1H3,(H2,21,22,25);7-8,13H,3-6,9-12H2,1-2H3,(H2,20,23,25);2-10H,1H3,(H2,19,20,23);4-5,8,10H,6-7,9H2,1-3H3,(H,19,21). The van der Waals surface area contributed by atoms with Gasteiger partial charge in [0.15, 0.2) is 0 Å². The van der Waals surface area contributed by atoms with E-state index in [9.17, 15) is 24.0 Å². The lowest BCUT2D eigenvalue weighted by atomic mass is 10.1. The van der Waals surface area contributed by atoms with E-state index in [-0.39, 0.29) is 30.2 Å². The van der Waals surface area contributed by atoms with Crippen molar-refractivity contribution in [2.75, 3.05) is 99.7 Å². The van der Waals surface area contributed by atoms with Crippen LogP contribution in [0.1, 0.15) is 88.0 Å². The molecule has 2 fully saturated rings. The molecule has 9 N–H and O–H groups in total. The molecule has 0 radical (unpaired) electrons. The molecule has 33 heteroatoms. The number of anilines is 5. The van der Waals surface area contributed by atoms with Crippen molar-refractivity contribution in [1.29, 1.82) is 0 Å². The van der Waals surface area contributed by atoms with Gasteiger partial charge in [0.25, 0.3) is 0 Å². The zero-order valence-electron chi connectivity index (χ0n) is 72.4. The molecule has 128 heavy (non-hydrogen) atoms. The summed E-state index contributed by atoms with van der Waals surface area (Å²) in [5, 5.41) is 37.6. The first-order valence-electron chi connectivity index (χ1n) is 42.5. The number of aryl methyl sites for hydroxylation is 4. The first kappa shape index (κ1) is 91.5. The summed E-state index contributed by atoms with van der Waals surface area (Å²) in [6, 6.07) is 51.5. The number of fused-ring (bicyclic) bond motifs is 5. The van der Waals surface area contributed by atoms with E-state index in [4.69, 9.17) is 34.6 Å². The van der Waals surface area contributed by atoms with E-state index in [2.05, 4.69) is 111 Å². The van der Waals surface area contributed by atoms with Crippen LogP contribution in [0, 0.1) is 33.6 Å². The molecule has 0 aliphatic carbocycles. The Morgan fingerprint density at radius 1 is 0.375 bits per heavy atom. The van der Waals surface area contributed by atoms with Gasteiger partial charge in [-0.1, -0.05) is 69.5 Å². The monoisotopic (exact) mass is 1820 g/mol. The Labute approximate surface area is 766 Å².